The number of halogens is 3. The van der Waals surface area contributed by atoms with Crippen LogP contribution in [0.5, 0.6) is 0 Å². The molecule has 108 valence electrons. The van der Waals surface area contributed by atoms with Crippen LogP contribution in [0.3, 0.4) is 0 Å². The normalized spacial score (nSPS) is 18.3. The highest BCUT2D eigenvalue weighted by molar-refractivity contribution is 9.10. The molecule has 0 saturated carbocycles. The number of carbonyl (C=O) groups excluding carboxylic acids is 1. The first-order valence-electron chi connectivity index (χ1n) is 6.21. The second kappa shape index (κ2) is 6.21. The van der Waals surface area contributed by atoms with Crippen molar-refractivity contribution in [3.8, 4) is 0 Å². The first kappa shape index (κ1) is 15.2. The number of carbonyl (C=O) groups is 1. The third kappa shape index (κ3) is 2.95. The maximum Gasteiger partial charge on any atom is 0.238 e. The fourth-order valence-corrected chi connectivity index (χ4v) is 4.66. The summed E-state index contributed by atoms with van der Waals surface area (Å²) in [6, 6.07) is 13.1. The van der Waals surface area contributed by atoms with Gasteiger partial charge in [0.15, 0.2) is 0 Å². The number of rotatable bonds is 2. The van der Waals surface area contributed by atoms with Gasteiger partial charge in [-0.1, -0.05) is 51.3 Å². The van der Waals surface area contributed by atoms with Crippen molar-refractivity contribution in [2.45, 2.75) is 5.37 Å². The maximum absolute atomic E-state index is 12.3. The molecule has 2 nitrogen and oxygen atoms in total. The van der Waals surface area contributed by atoms with Crippen molar-refractivity contribution in [1.82, 2.24) is 0 Å². The minimum Gasteiger partial charge on any atom is -0.295 e. The smallest absolute Gasteiger partial charge is 0.238 e. The zero-order valence-corrected chi connectivity index (χ0v) is 14.6. The van der Waals surface area contributed by atoms with Crippen molar-refractivity contribution in [3.05, 3.63) is 62.5 Å². The van der Waals surface area contributed by atoms with Crippen molar-refractivity contribution in [3.63, 3.8) is 0 Å². The average molecular weight is 403 g/mol. The molecule has 0 aromatic heterocycles. The number of amides is 1. The predicted octanol–water partition coefficient (Wildman–Crippen LogP) is 5.53. The van der Waals surface area contributed by atoms with Gasteiger partial charge in [-0.05, 0) is 30.3 Å². The first-order chi connectivity index (χ1) is 10.1. The molecule has 0 spiro atoms. The van der Waals surface area contributed by atoms with Crippen LogP contribution in [-0.2, 0) is 4.79 Å². The summed E-state index contributed by atoms with van der Waals surface area (Å²) in [6.07, 6.45) is 0. The minimum absolute atomic E-state index is 0.0547. The Morgan fingerprint density at radius 1 is 1.14 bits per heavy atom. The number of thioether (sulfide) groups is 1. The van der Waals surface area contributed by atoms with Gasteiger partial charge in [-0.15, -0.1) is 11.8 Å². The molecule has 1 aliphatic heterocycles. The Bertz CT molecular complexity index is 690. The molecular weight excluding hydrogens is 393 g/mol. The number of benzene rings is 2. The molecule has 3 rings (SSSR count). The standard InChI is InChI=1S/C15H10BrCl2NOS/c16-9-3-1-4-10(7-9)19-13(20)8-21-15(19)14-11(17)5-2-6-12(14)18/h1-7,15H,8H2. The second-order valence-corrected chi connectivity index (χ2v) is 7.34. The Hall–Kier alpha value is -0.680. The van der Waals surface area contributed by atoms with Crippen LogP contribution in [0.1, 0.15) is 10.9 Å². The lowest BCUT2D eigenvalue weighted by molar-refractivity contribution is -0.115. The van der Waals surface area contributed by atoms with Gasteiger partial charge >= 0.3 is 0 Å². The largest absolute Gasteiger partial charge is 0.295 e. The van der Waals surface area contributed by atoms with Gasteiger partial charge in [-0.25, -0.2) is 0 Å². The van der Waals surface area contributed by atoms with Gasteiger partial charge in [-0.2, -0.15) is 0 Å². The number of hydrogen-bond donors (Lipinski definition) is 0. The summed E-state index contributed by atoms with van der Waals surface area (Å²) in [6.45, 7) is 0. The van der Waals surface area contributed by atoms with Crippen LogP contribution >= 0.6 is 50.9 Å². The highest BCUT2D eigenvalue weighted by atomic mass is 79.9. The van der Waals surface area contributed by atoms with Crippen LogP contribution in [0.25, 0.3) is 0 Å². The molecule has 1 atom stereocenters. The summed E-state index contributed by atoms with van der Waals surface area (Å²) in [4.78, 5) is 14.0. The monoisotopic (exact) mass is 401 g/mol. The maximum atomic E-state index is 12.3. The van der Waals surface area contributed by atoms with Crippen molar-refractivity contribution in [2.24, 2.45) is 0 Å². The van der Waals surface area contributed by atoms with E-state index in [2.05, 4.69) is 15.9 Å². The Balaban J connectivity index is 2.08. The molecular formula is C15H10BrCl2NOS. The summed E-state index contributed by atoms with van der Waals surface area (Å²) in [5.74, 6) is 0.470. The fraction of sp³-hybridized carbons (Fsp3) is 0.133. The zero-order chi connectivity index (χ0) is 15.0. The molecule has 1 unspecified atom stereocenters. The highest BCUT2D eigenvalue weighted by Gasteiger charge is 2.36. The van der Waals surface area contributed by atoms with Crippen molar-refractivity contribution >= 4 is 62.5 Å². The van der Waals surface area contributed by atoms with Crippen molar-refractivity contribution in [2.75, 3.05) is 10.7 Å². The minimum atomic E-state index is -0.201. The van der Waals surface area contributed by atoms with E-state index < -0.39 is 0 Å². The van der Waals surface area contributed by atoms with E-state index in [-0.39, 0.29) is 11.3 Å². The van der Waals surface area contributed by atoms with E-state index >= 15 is 0 Å². The van der Waals surface area contributed by atoms with Gasteiger partial charge in [-0.3, -0.25) is 9.69 Å². The Morgan fingerprint density at radius 3 is 2.48 bits per heavy atom. The molecule has 2 aromatic rings. The Kier molecular flexibility index (Phi) is 4.50. The van der Waals surface area contributed by atoms with Gasteiger partial charge in [0.05, 0.1) is 5.75 Å². The summed E-state index contributed by atoms with van der Waals surface area (Å²) in [5, 5.41) is 0.956. The van der Waals surface area contributed by atoms with Crippen LogP contribution in [-0.4, -0.2) is 11.7 Å². The zero-order valence-electron chi connectivity index (χ0n) is 10.7. The van der Waals surface area contributed by atoms with Gasteiger partial charge in [0.2, 0.25) is 5.91 Å². The van der Waals surface area contributed by atoms with Crippen LogP contribution < -0.4 is 4.90 Å². The number of anilines is 1. The molecule has 0 N–H and O–H groups in total. The lowest BCUT2D eigenvalue weighted by Gasteiger charge is -2.26. The molecule has 6 heteroatoms. The molecule has 1 aliphatic rings. The van der Waals surface area contributed by atoms with E-state index in [0.29, 0.717) is 15.8 Å². The molecule has 1 amide bonds. The highest BCUT2D eigenvalue weighted by Crippen LogP contribution is 2.46. The van der Waals surface area contributed by atoms with E-state index in [0.717, 1.165) is 15.7 Å². The SMILES string of the molecule is O=C1CSC(c2c(Cl)cccc2Cl)N1c1cccc(Br)c1. The fourth-order valence-electron chi connectivity index (χ4n) is 2.29. The lowest BCUT2D eigenvalue weighted by atomic mass is 10.2. The quantitative estimate of drug-likeness (QED) is 0.657. The molecule has 0 bridgehead atoms. The first-order valence-corrected chi connectivity index (χ1v) is 8.81. The van der Waals surface area contributed by atoms with E-state index in [1.807, 2.05) is 24.3 Å². The van der Waals surface area contributed by atoms with E-state index in [1.54, 1.807) is 23.1 Å². The average Bonchev–Trinajstić information content (AvgIpc) is 2.80. The number of hydrogen-bond acceptors (Lipinski definition) is 2. The number of nitrogens with zero attached hydrogens (tertiary/aromatic N) is 1. The predicted molar refractivity (Wildman–Crippen MR) is 93.3 cm³/mol. The molecule has 1 heterocycles. The summed E-state index contributed by atoms with van der Waals surface area (Å²) >= 11 is 17.6. The lowest BCUT2D eigenvalue weighted by Crippen LogP contribution is -2.28. The molecule has 0 radical (unpaired) electrons. The molecule has 21 heavy (non-hydrogen) atoms. The van der Waals surface area contributed by atoms with Crippen molar-refractivity contribution < 1.29 is 4.79 Å². The van der Waals surface area contributed by atoms with Crippen LogP contribution in [0.2, 0.25) is 10.0 Å². The molecule has 0 aliphatic carbocycles. The van der Waals surface area contributed by atoms with Gasteiger partial charge in [0.25, 0.3) is 0 Å². The van der Waals surface area contributed by atoms with E-state index in [9.17, 15) is 4.79 Å². The summed E-state index contributed by atoms with van der Waals surface area (Å²) < 4.78 is 0.925. The second-order valence-electron chi connectivity index (χ2n) is 4.54. The van der Waals surface area contributed by atoms with Gasteiger partial charge < -0.3 is 0 Å². The van der Waals surface area contributed by atoms with Gasteiger partial charge in [0.1, 0.15) is 5.37 Å². The molecule has 1 saturated heterocycles. The third-order valence-corrected chi connectivity index (χ3v) is 5.53. The Morgan fingerprint density at radius 2 is 1.81 bits per heavy atom. The van der Waals surface area contributed by atoms with Crippen LogP contribution in [0.15, 0.2) is 46.9 Å². The Labute approximate surface area is 145 Å². The van der Waals surface area contributed by atoms with Gasteiger partial charge in [0, 0.05) is 25.8 Å². The molecule has 2 aromatic carbocycles. The van der Waals surface area contributed by atoms with E-state index in [1.165, 1.54) is 11.8 Å². The van der Waals surface area contributed by atoms with Crippen LogP contribution in [0, 0.1) is 0 Å². The van der Waals surface area contributed by atoms with E-state index in [4.69, 9.17) is 23.2 Å². The summed E-state index contributed by atoms with van der Waals surface area (Å²) in [7, 11) is 0. The topological polar surface area (TPSA) is 20.3 Å². The summed E-state index contributed by atoms with van der Waals surface area (Å²) in [5.41, 5.74) is 1.62. The van der Waals surface area contributed by atoms with Crippen molar-refractivity contribution in [1.29, 1.82) is 0 Å². The van der Waals surface area contributed by atoms with Crippen LogP contribution in [0.4, 0.5) is 5.69 Å². The molecule has 1 fully saturated rings. The third-order valence-electron chi connectivity index (χ3n) is 3.20.